The molecule has 0 fully saturated rings. The number of hydrogen-bond donors (Lipinski definition) is 2. The summed E-state index contributed by atoms with van der Waals surface area (Å²) < 4.78 is 1.66. The predicted molar refractivity (Wildman–Crippen MR) is 74.7 cm³/mol. The Hall–Kier alpha value is -1.94. The average Bonchev–Trinajstić information content (AvgIpc) is 2.81. The number of anilines is 1. The van der Waals surface area contributed by atoms with E-state index in [0.29, 0.717) is 10.8 Å². The highest BCUT2D eigenvalue weighted by Gasteiger charge is 2.15. The molecule has 2 heterocycles. The molecule has 3 aromatic rings. The second-order valence-electron chi connectivity index (χ2n) is 4.37. The van der Waals surface area contributed by atoms with E-state index >= 15 is 0 Å². The summed E-state index contributed by atoms with van der Waals surface area (Å²) in [5, 5.41) is 6.20. The maximum atomic E-state index is 6.18. The fourth-order valence-electron chi connectivity index (χ4n) is 2.25. The standard InChI is InChI=1S/C13H13ClN4/c1-7-12(10-6-11(15)18(2)17-10)8-4-3-5-9(14)13(8)16-7/h3-6,16H,15H2,1-2H3. The van der Waals surface area contributed by atoms with E-state index in [4.69, 9.17) is 17.3 Å². The lowest BCUT2D eigenvalue weighted by molar-refractivity contribution is 0.782. The van der Waals surface area contributed by atoms with Gasteiger partial charge >= 0.3 is 0 Å². The summed E-state index contributed by atoms with van der Waals surface area (Å²) >= 11 is 6.18. The first-order chi connectivity index (χ1) is 8.58. The van der Waals surface area contributed by atoms with E-state index in [1.807, 2.05) is 38.2 Å². The van der Waals surface area contributed by atoms with Crippen molar-refractivity contribution >= 4 is 28.3 Å². The second kappa shape index (κ2) is 3.78. The van der Waals surface area contributed by atoms with Crippen molar-refractivity contribution in [1.29, 1.82) is 0 Å². The highest BCUT2D eigenvalue weighted by Crippen LogP contribution is 2.34. The lowest BCUT2D eigenvalue weighted by Gasteiger charge is -1.96. The summed E-state index contributed by atoms with van der Waals surface area (Å²) in [6, 6.07) is 7.71. The van der Waals surface area contributed by atoms with Gasteiger partial charge in [0.1, 0.15) is 5.82 Å². The number of nitrogens with one attached hydrogen (secondary N) is 1. The van der Waals surface area contributed by atoms with Gasteiger partial charge in [0.2, 0.25) is 0 Å². The minimum atomic E-state index is 0.640. The number of aryl methyl sites for hydroxylation is 2. The van der Waals surface area contributed by atoms with Gasteiger partial charge in [0, 0.05) is 29.8 Å². The molecule has 3 rings (SSSR count). The van der Waals surface area contributed by atoms with Crippen LogP contribution < -0.4 is 5.73 Å². The van der Waals surface area contributed by atoms with Crippen molar-refractivity contribution in [2.24, 2.45) is 7.05 Å². The Bertz CT molecular complexity index is 719. The van der Waals surface area contributed by atoms with E-state index < -0.39 is 0 Å². The summed E-state index contributed by atoms with van der Waals surface area (Å²) in [7, 11) is 1.83. The molecule has 0 spiro atoms. The van der Waals surface area contributed by atoms with Crippen LogP contribution in [-0.4, -0.2) is 14.8 Å². The van der Waals surface area contributed by atoms with Gasteiger partial charge in [0.15, 0.2) is 0 Å². The molecule has 0 unspecified atom stereocenters. The summed E-state index contributed by atoms with van der Waals surface area (Å²) in [5.41, 5.74) is 9.73. The smallest absolute Gasteiger partial charge is 0.121 e. The Kier molecular flexibility index (Phi) is 2.35. The van der Waals surface area contributed by atoms with Gasteiger partial charge in [-0.15, -0.1) is 0 Å². The normalized spacial score (nSPS) is 11.3. The van der Waals surface area contributed by atoms with E-state index in [0.717, 1.165) is 27.9 Å². The van der Waals surface area contributed by atoms with E-state index in [1.54, 1.807) is 4.68 Å². The molecule has 0 bridgehead atoms. The number of fused-ring (bicyclic) bond motifs is 1. The fraction of sp³-hybridized carbons (Fsp3) is 0.154. The van der Waals surface area contributed by atoms with Gasteiger partial charge in [-0.2, -0.15) is 5.10 Å². The number of halogens is 1. The molecule has 0 atom stereocenters. The van der Waals surface area contributed by atoms with Crippen LogP contribution in [0.25, 0.3) is 22.2 Å². The van der Waals surface area contributed by atoms with Crippen molar-refractivity contribution in [3.63, 3.8) is 0 Å². The van der Waals surface area contributed by atoms with Crippen molar-refractivity contribution in [3.05, 3.63) is 35.0 Å². The van der Waals surface area contributed by atoms with Gasteiger partial charge in [0.25, 0.3) is 0 Å². The molecule has 3 N–H and O–H groups in total. The molecule has 0 aliphatic carbocycles. The van der Waals surface area contributed by atoms with Gasteiger partial charge < -0.3 is 10.7 Å². The molecular weight excluding hydrogens is 248 g/mol. The molecule has 0 radical (unpaired) electrons. The minimum absolute atomic E-state index is 0.640. The molecule has 0 saturated carbocycles. The predicted octanol–water partition coefficient (Wildman–Crippen LogP) is 3.11. The number of nitrogens with zero attached hydrogens (tertiary/aromatic N) is 2. The first kappa shape index (κ1) is 11.2. The summed E-state index contributed by atoms with van der Waals surface area (Å²) in [6.45, 7) is 2.01. The fourth-order valence-corrected chi connectivity index (χ4v) is 2.47. The first-order valence-corrected chi connectivity index (χ1v) is 6.02. The number of rotatable bonds is 1. The van der Waals surface area contributed by atoms with Crippen LogP contribution in [-0.2, 0) is 7.05 Å². The third-order valence-corrected chi connectivity index (χ3v) is 3.46. The topological polar surface area (TPSA) is 59.6 Å². The number of para-hydroxylation sites is 1. The van der Waals surface area contributed by atoms with Gasteiger partial charge in [0.05, 0.1) is 16.2 Å². The minimum Gasteiger partial charge on any atom is -0.384 e. The molecule has 2 aromatic heterocycles. The zero-order valence-corrected chi connectivity index (χ0v) is 10.9. The molecule has 92 valence electrons. The highest BCUT2D eigenvalue weighted by atomic mass is 35.5. The van der Waals surface area contributed by atoms with Crippen molar-refractivity contribution in [1.82, 2.24) is 14.8 Å². The summed E-state index contributed by atoms with van der Waals surface area (Å²) in [6.07, 6.45) is 0. The Morgan fingerprint density at radius 2 is 2.17 bits per heavy atom. The third kappa shape index (κ3) is 1.49. The lowest BCUT2D eigenvalue weighted by atomic mass is 10.1. The monoisotopic (exact) mass is 260 g/mol. The largest absolute Gasteiger partial charge is 0.384 e. The third-order valence-electron chi connectivity index (χ3n) is 3.14. The van der Waals surface area contributed by atoms with E-state index in [2.05, 4.69) is 10.1 Å². The van der Waals surface area contributed by atoms with Crippen LogP contribution in [0.15, 0.2) is 24.3 Å². The van der Waals surface area contributed by atoms with Crippen molar-refractivity contribution < 1.29 is 0 Å². The molecule has 1 aromatic carbocycles. The zero-order valence-electron chi connectivity index (χ0n) is 10.2. The Labute approximate surface area is 109 Å². The van der Waals surface area contributed by atoms with Crippen LogP contribution in [0, 0.1) is 6.92 Å². The highest BCUT2D eigenvalue weighted by molar-refractivity contribution is 6.35. The van der Waals surface area contributed by atoms with Crippen LogP contribution in [0.2, 0.25) is 5.02 Å². The lowest BCUT2D eigenvalue weighted by Crippen LogP contribution is -1.96. The first-order valence-electron chi connectivity index (χ1n) is 5.64. The number of aromatic amines is 1. The van der Waals surface area contributed by atoms with Gasteiger partial charge in [-0.25, -0.2) is 0 Å². The zero-order chi connectivity index (χ0) is 12.9. The number of nitrogens with two attached hydrogens (primary N) is 1. The molecule has 0 saturated heterocycles. The van der Waals surface area contributed by atoms with E-state index in [-0.39, 0.29) is 0 Å². The molecular formula is C13H13ClN4. The van der Waals surface area contributed by atoms with Gasteiger partial charge in [-0.3, -0.25) is 4.68 Å². The van der Waals surface area contributed by atoms with Crippen molar-refractivity contribution in [3.8, 4) is 11.3 Å². The summed E-state index contributed by atoms with van der Waals surface area (Å²) in [4.78, 5) is 3.30. The van der Waals surface area contributed by atoms with Crippen LogP contribution in [0.1, 0.15) is 5.69 Å². The van der Waals surface area contributed by atoms with Crippen LogP contribution in [0.3, 0.4) is 0 Å². The SMILES string of the molecule is Cc1[nH]c2c(Cl)cccc2c1-c1cc(N)n(C)n1. The molecule has 0 aliphatic rings. The maximum Gasteiger partial charge on any atom is 0.121 e. The van der Waals surface area contributed by atoms with Crippen LogP contribution >= 0.6 is 11.6 Å². The number of nitrogen functional groups attached to an aromatic ring is 1. The summed E-state index contributed by atoms with van der Waals surface area (Å²) in [5.74, 6) is 0.640. The van der Waals surface area contributed by atoms with Gasteiger partial charge in [-0.1, -0.05) is 23.7 Å². The van der Waals surface area contributed by atoms with Crippen LogP contribution in [0.4, 0.5) is 5.82 Å². The number of benzene rings is 1. The van der Waals surface area contributed by atoms with E-state index in [9.17, 15) is 0 Å². The number of H-pyrrole nitrogens is 1. The number of aromatic nitrogens is 3. The van der Waals surface area contributed by atoms with Gasteiger partial charge in [-0.05, 0) is 13.0 Å². The Balaban J connectivity index is 2.35. The Morgan fingerprint density at radius 3 is 2.83 bits per heavy atom. The quantitative estimate of drug-likeness (QED) is 0.706. The van der Waals surface area contributed by atoms with E-state index in [1.165, 1.54) is 0 Å². The van der Waals surface area contributed by atoms with Crippen LogP contribution in [0.5, 0.6) is 0 Å². The second-order valence-corrected chi connectivity index (χ2v) is 4.77. The Morgan fingerprint density at radius 1 is 1.39 bits per heavy atom. The molecule has 0 aliphatic heterocycles. The average molecular weight is 261 g/mol. The molecule has 18 heavy (non-hydrogen) atoms. The molecule has 4 nitrogen and oxygen atoms in total. The van der Waals surface area contributed by atoms with Crippen molar-refractivity contribution in [2.75, 3.05) is 5.73 Å². The molecule has 0 amide bonds. The molecule has 5 heteroatoms. The number of hydrogen-bond acceptors (Lipinski definition) is 2. The maximum absolute atomic E-state index is 6.18. The van der Waals surface area contributed by atoms with Crippen molar-refractivity contribution in [2.45, 2.75) is 6.92 Å².